The van der Waals surface area contributed by atoms with E-state index in [1.165, 1.54) is 12.1 Å². The highest BCUT2D eigenvalue weighted by molar-refractivity contribution is 7.92. The van der Waals surface area contributed by atoms with Gasteiger partial charge < -0.3 is 0 Å². The third-order valence-electron chi connectivity index (χ3n) is 2.26. The fourth-order valence-corrected chi connectivity index (χ4v) is 2.72. The number of pyridine rings is 1. The molecule has 0 radical (unpaired) electrons. The molecule has 0 saturated carbocycles. The molecule has 1 heterocycles. The molecule has 4 nitrogen and oxygen atoms in total. The molecule has 0 spiro atoms. The predicted molar refractivity (Wildman–Crippen MR) is 71.2 cm³/mol. The van der Waals surface area contributed by atoms with Crippen LogP contribution in [0.5, 0.6) is 0 Å². The Morgan fingerprint density at radius 1 is 1.22 bits per heavy atom. The van der Waals surface area contributed by atoms with E-state index >= 15 is 0 Å². The molecular weight excluding hydrogens is 272 g/mol. The van der Waals surface area contributed by atoms with Crippen molar-refractivity contribution in [3.63, 3.8) is 0 Å². The second-order valence-corrected chi connectivity index (χ2v) is 5.90. The van der Waals surface area contributed by atoms with Gasteiger partial charge in [-0.1, -0.05) is 17.7 Å². The van der Waals surface area contributed by atoms with Crippen molar-refractivity contribution in [2.45, 2.75) is 11.8 Å². The van der Waals surface area contributed by atoms with E-state index in [2.05, 4.69) is 9.71 Å². The van der Waals surface area contributed by atoms with Crippen LogP contribution < -0.4 is 4.72 Å². The second kappa shape index (κ2) is 4.96. The first-order valence-electron chi connectivity index (χ1n) is 5.18. The highest BCUT2D eigenvalue weighted by Crippen LogP contribution is 2.18. The van der Waals surface area contributed by atoms with Crippen molar-refractivity contribution in [1.82, 2.24) is 4.98 Å². The lowest BCUT2D eigenvalue weighted by Gasteiger charge is -2.07. The number of benzene rings is 1. The maximum atomic E-state index is 12.1. The van der Waals surface area contributed by atoms with E-state index in [0.29, 0.717) is 5.02 Å². The monoisotopic (exact) mass is 282 g/mol. The predicted octanol–water partition coefficient (Wildman–Crippen LogP) is 2.84. The van der Waals surface area contributed by atoms with Crippen molar-refractivity contribution >= 4 is 27.4 Å². The molecule has 0 saturated heterocycles. The fraction of sp³-hybridized carbons (Fsp3) is 0.0833. The summed E-state index contributed by atoms with van der Waals surface area (Å²) >= 11 is 5.77. The van der Waals surface area contributed by atoms with Gasteiger partial charge in [-0.2, -0.15) is 0 Å². The Labute approximate surface area is 111 Å². The lowest BCUT2D eigenvalue weighted by molar-refractivity contribution is 0.601. The van der Waals surface area contributed by atoms with Crippen LogP contribution in [0.4, 0.5) is 5.82 Å². The zero-order valence-electron chi connectivity index (χ0n) is 9.59. The van der Waals surface area contributed by atoms with Gasteiger partial charge in [0.2, 0.25) is 0 Å². The van der Waals surface area contributed by atoms with Gasteiger partial charge in [0, 0.05) is 11.2 Å². The molecule has 0 aliphatic carbocycles. The van der Waals surface area contributed by atoms with Crippen molar-refractivity contribution in [3.8, 4) is 0 Å². The summed E-state index contributed by atoms with van der Waals surface area (Å²) in [4.78, 5) is 4.06. The van der Waals surface area contributed by atoms with Gasteiger partial charge >= 0.3 is 0 Å². The molecule has 0 aliphatic heterocycles. The third-order valence-corrected chi connectivity index (χ3v) is 3.85. The highest BCUT2D eigenvalue weighted by Gasteiger charge is 2.14. The zero-order valence-corrected chi connectivity index (χ0v) is 11.2. The van der Waals surface area contributed by atoms with Gasteiger partial charge in [-0.15, -0.1) is 0 Å². The van der Waals surface area contributed by atoms with Crippen LogP contribution in [0.1, 0.15) is 5.56 Å². The summed E-state index contributed by atoms with van der Waals surface area (Å²) in [5.74, 6) is 0.287. The maximum absolute atomic E-state index is 12.1. The van der Waals surface area contributed by atoms with E-state index in [9.17, 15) is 8.42 Å². The number of aryl methyl sites for hydroxylation is 1. The second-order valence-electron chi connectivity index (χ2n) is 3.78. The average molecular weight is 283 g/mol. The molecule has 1 aromatic carbocycles. The summed E-state index contributed by atoms with van der Waals surface area (Å²) in [6, 6.07) is 9.51. The van der Waals surface area contributed by atoms with Crippen LogP contribution in [-0.4, -0.2) is 13.4 Å². The SMILES string of the molecule is Cc1ccnc(NS(=O)(=O)c2cccc(Cl)c2)c1. The van der Waals surface area contributed by atoms with Crippen molar-refractivity contribution in [2.75, 3.05) is 4.72 Å². The van der Waals surface area contributed by atoms with Crippen molar-refractivity contribution in [3.05, 3.63) is 53.2 Å². The van der Waals surface area contributed by atoms with Gasteiger partial charge in [0.15, 0.2) is 0 Å². The third kappa shape index (κ3) is 3.00. The van der Waals surface area contributed by atoms with Crippen LogP contribution in [-0.2, 0) is 10.0 Å². The van der Waals surface area contributed by atoms with Gasteiger partial charge in [-0.05, 0) is 42.8 Å². The largest absolute Gasteiger partial charge is 0.263 e. The molecule has 6 heteroatoms. The molecule has 1 N–H and O–H groups in total. The summed E-state index contributed by atoms with van der Waals surface area (Å²) in [5, 5.41) is 0.370. The molecule has 0 aliphatic rings. The van der Waals surface area contributed by atoms with Gasteiger partial charge in [0.25, 0.3) is 10.0 Å². The number of sulfonamides is 1. The first kappa shape index (κ1) is 12.9. The van der Waals surface area contributed by atoms with Crippen LogP contribution in [0, 0.1) is 6.92 Å². The van der Waals surface area contributed by atoms with Crippen LogP contribution in [0.3, 0.4) is 0 Å². The molecular formula is C12H11ClN2O2S. The number of hydrogen-bond acceptors (Lipinski definition) is 3. The van der Waals surface area contributed by atoms with E-state index in [0.717, 1.165) is 5.56 Å². The Kier molecular flexibility index (Phi) is 3.54. The van der Waals surface area contributed by atoms with E-state index in [4.69, 9.17) is 11.6 Å². The molecule has 0 amide bonds. The van der Waals surface area contributed by atoms with Crippen LogP contribution in [0.25, 0.3) is 0 Å². The topological polar surface area (TPSA) is 59.1 Å². The smallest absolute Gasteiger partial charge is 0.263 e. The molecule has 2 aromatic rings. The van der Waals surface area contributed by atoms with Crippen LogP contribution >= 0.6 is 11.6 Å². The minimum absolute atomic E-state index is 0.110. The summed E-state index contributed by atoms with van der Waals surface area (Å²) < 4.78 is 26.5. The van der Waals surface area contributed by atoms with Gasteiger partial charge in [0.05, 0.1) is 4.90 Å². The Morgan fingerprint density at radius 2 is 2.00 bits per heavy atom. The minimum Gasteiger partial charge on any atom is -0.263 e. The molecule has 0 fully saturated rings. The standard InChI is InChI=1S/C12H11ClN2O2S/c1-9-5-6-14-12(7-9)15-18(16,17)11-4-2-3-10(13)8-11/h2-8H,1H3,(H,14,15). The number of hydrogen-bond donors (Lipinski definition) is 1. The van der Waals surface area contributed by atoms with Crippen LogP contribution in [0.2, 0.25) is 5.02 Å². The molecule has 0 atom stereocenters. The number of nitrogens with one attached hydrogen (secondary N) is 1. The van der Waals surface area contributed by atoms with E-state index in [1.807, 2.05) is 6.92 Å². The normalized spacial score (nSPS) is 11.2. The van der Waals surface area contributed by atoms with E-state index in [-0.39, 0.29) is 10.7 Å². The number of nitrogens with zero attached hydrogens (tertiary/aromatic N) is 1. The summed E-state index contributed by atoms with van der Waals surface area (Å²) in [6.07, 6.45) is 1.55. The van der Waals surface area contributed by atoms with E-state index in [1.54, 1.807) is 30.5 Å². The number of rotatable bonds is 3. The summed E-state index contributed by atoms with van der Waals surface area (Å²) in [7, 11) is -3.65. The molecule has 1 aromatic heterocycles. The molecule has 2 rings (SSSR count). The summed E-state index contributed by atoms with van der Waals surface area (Å²) in [6.45, 7) is 1.86. The van der Waals surface area contributed by atoms with Gasteiger partial charge in [-0.25, -0.2) is 13.4 Å². The first-order valence-corrected chi connectivity index (χ1v) is 7.04. The Balaban J connectivity index is 2.33. The first-order chi connectivity index (χ1) is 8.47. The maximum Gasteiger partial charge on any atom is 0.263 e. The Bertz CT molecular complexity index is 671. The zero-order chi connectivity index (χ0) is 13.2. The van der Waals surface area contributed by atoms with Crippen molar-refractivity contribution in [1.29, 1.82) is 0 Å². The van der Waals surface area contributed by atoms with Gasteiger partial charge in [0.1, 0.15) is 5.82 Å². The Morgan fingerprint density at radius 3 is 2.67 bits per heavy atom. The van der Waals surface area contributed by atoms with E-state index < -0.39 is 10.0 Å². The molecule has 18 heavy (non-hydrogen) atoms. The lowest BCUT2D eigenvalue weighted by Crippen LogP contribution is -2.13. The summed E-state index contributed by atoms with van der Waals surface area (Å²) in [5.41, 5.74) is 0.925. The average Bonchev–Trinajstić information content (AvgIpc) is 2.28. The highest BCUT2D eigenvalue weighted by atomic mass is 35.5. The van der Waals surface area contributed by atoms with Crippen molar-refractivity contribution < 1.29 is 8.42 Å². The van der Waals surface area contributed by atoms with Crippen molar-refractivity contribution in [2.24, 2.45) is 0 Å². The number of halogens is 1. The molecule has 94 valence electrons. The lowest BCUT2D eigenvalue weighted by atomic mass is 10.3. The number of anilines is 1. The Hall–Kier alpha value is -1.59. The van der Waals surface area contributed by atoms with Gasteiger partial charge in [-0.3, -0.25) is 4.72 Å². The molecule has 0 unspecified atom stereocenters. The quantitative estimate of drug-likeness (QED) is 0.942. The minimum atomic E-state index is -3.65. The molecule has 0 bridgehead atoms. The fourth-order valence-electron chi connectivity index (χ4n) is 1.42. The number of aromatic nitrogens is 1. The van der Waals surface area contributed by atoms with Crippen LogP contribution in [0.15, 0.2) is 47.5 Å².